The molecule has 5 heteroatoms. The van der Waals surface area contributed by atoms with Crippen LogP contribution in [0.3, 0.4) is 0 Å². The largest absolute Gasteiger partial charge is 0.416 e. The molecule has 2 aromatic carbocycles. The quantitative estimate of drug-likeness (QED) is 0.634. The third-order valence-electron chi connectivity index (χ3n) is 2.41. The molecular weight excluding hydrogens is 284 g/mol. The van der Waals surface area contributed by atoms with E-state index in [-0.39, 0.29) is 0 Å². The predicted molar refractivity (Wildman–Crippen MR) is 66.9 cm³/mol. The van der Waals surface area contributed by atoms with E-state index in [4.69, 9.17) is 23.2 Å². The van der Waals surface area contributed by atoms with Crippen LogP contribution in [0.15, 0.2) is 42.5 Å². The summed E-state index contributed by atoms with van der Waals surface area (Å²) in [5.74, 6) is 0. The summed E-state index contributed by atoms with van der Waals surface area (Å²) in [5.41, 5.74) is 0.632. The molecule has 0 saturated carbocycles. The Kier molecular flexibility index (Phi) is 3.55. The standard InChI is InChI=1S/C13H7Cl2F3/c14-11-5-9(6-12(15)7-11)8-1-3-10(4-2-8)13(16,17)18/h1-7H. The summed E-state index contributed by atoms with van der Waals surface area (Å²) in [6, 6.07) is 9.71. The molecule has 0 heterocycles. The monoisotopic (exact) mass is 290 g/mol. The first-order chi connectivity index (χ1) is 8.36. The van der Waals surface area contributed by atoms with Crippen LogP contribution < -0.4 is 0 Å². The lowest BCUT2D eigenvalue weighted by Gasteiger charge is -2.08. The fourth-order valence-corrected chi connectivity index (χ4v) is 2.10. The summed E-state index contributed by atoms with van der Waals surface area (Å²) in [6.07, 6.45) is -4.33. The zero-order valence-corrected chi connectivity index (χ0v) is 10.4. The van der Waals surface area contributed by atoms with Crippen molar-refractivity contribution in [2.45, 2.75) is 6.18 Å². The zero-order chi connectivity index (χ0) is 13.3. The van der Waals surface area contributed by atoms with Crippen LogP contribution in [0.25, 0.3) is 11.1 Å². The van der Waals surface area contributed by atoms with Gasteiger partial charge in [0.1, 0.15) is 0 Å². The molecule has 0 saturated heterocycles. The Morgan fingerprint density at radius 1 is 0.722 bits per heavy atom. The van der Waals surface area contributed by atoms with E-state index in [0.29, 0.717) is 21.2 Å². The van der Waals surface area contributed by atoms with Gasteiger partial charge in [0.05, 0.1) is 5.56 Å². The number of hydrogen-bond donors (Lipinski definition) is 0. The third-order valence-corrected chi connectivity index (χ3v) is 2.84. The SMILES string of the molecule is FC(F)(F)c1ccc(-c2cc(Cl)cc(Cl)c2)cc1. The molecule has 0 bridgehead atoms. The Morgan fingerprint density at radius 2 is 1.22 bits per heavy atom. The zero-order valence-electron chi connectivity index (χ0n) is 8.93. The van der Waals surface area contributed by atoms with E-state index < -0.39 is 11.7 Å². The molecule has 0 unspecified atom stereocenters. The second-order valence-electron chi connectivity index (χ2n) is 3.73. The summed E-state index contributed by atoms with van der Waals surface area (Å²) < 4.78 is 37.2. The Balaban J connectivity index is 2.40. The van der Waals surface area contributed by atoms with Gasteiger partial charge in [-0.25, -0.2) is 0 Å². The van der Waals surface area contributed by atoms with Crippen LogP contribution in [0.4, 0.5) is 13.2 Å². The highest BCUT2D eigenvalue weighted by atomic mass is 35.5. The first-order valence-corrected chi connectivity index (χ1v) is 5.75. The highest BCUT2D eigenvalue weighted by Gasteiger charge is 2.29. The number of rotatable bonds is 1. The van der Waals surface area contributed by atoms with Gasteiger partial charge in [-0.05, 0) is 41.5 Å². The van der Waals surface area contributed by atoms with E-state index in [1.165, 1.54) is 12.1 Å². The number of hydrogen-bond acceptors (Lipinski definition) is 0. The molecule has 0 fully saturated rings. The summed E-state index contributed by atoms with van der Waals surface area (Å²) >= 11 is 11.7. The van der Waals surface area contributed by atoms with Gasteiger partial charge in [-0.15, -0.1) is 0 Å². The van der Waals surface area contributed by atoms with Crippen LogP contribution in [0.2, 0.25) is 10.0 Å². The molecule has 0 aliphatic rings. The molecule has 0 N–H and O–H groups in total. The Labute approximate surface area is 112 Å². The Bertz CT molecular complexity index is 539. The smallest absolute Gasteiger partial charge is 0.166 e. The number of halogens is 5. The van der Waals surface area contributed by atoms with Gasteiger partial charge in [-0.1, -0.05) is 35.3 Å². The molecule has 2 rings (SSSR count). The molecule has 0 radical (unpaired) electrons. The topological polar surface area (TPSA) is 0 Å². The Morgan fingerprint density at radius 3 is 1.67 bits per heavy atom. The van der Waals surface area contributed by atoms with E-state index >= 15 is 0 Å². The van der Waals surface area contributed by atoms with Gasteiger partial charge in [0.2, 0.25) is 0 Å². The first-order valence-electron chi connectivity index (χ1n) is 5.00. The van der Waals surface area contributed by atoms with Crippen LogP contribution in [0, 0.1) is 0 Å². The average molecular weight is 291 g/mol. The van der Waals surface area contributed by atoms with Crippen molar-refractivity contribution in [3.63, 3.8) is 0 Å². The maximum atomic E-state index is 12.4. The minimum atomic E-state index is -4.33. The van der Waals surface area contributed by atoms with Gasteiger partial charge in [0, 0.05) is 10.0 Å². The molecular formula is C13H7Cl2F3. The minimum Gasteiger partial charge on any atom is -0.166 e. The van der Waals surface area contributed by atoms with Crippen molar-refractivity contribution in [3.05, 3.63) is 58.1 Å². The summed E-state index contributed by atoms with van der Waals surface area (Å²) in [5, 5.41) is 0.884. The van der Waals surface area contributed by atoms with Crippen molar-refractivity contribution >= 4 is 23.2 Å². The summed E-state index contributed by atoms with van der Waals surface area (Å²) in [4.78, 5) is 0. The highest BCUT2D eigenvalue weighted by molar-refractivity contribution is 6.35. The maximum Gasteiger partial charge on any atom is 0.416 e. The Hall–Kier alpha value is -1.19. The van der Waals surface area contributed by atoms with Crippen molar-refractivity contribution in [2.24, 2.45) is 0 Å². The molecule has 0 aliphatic heterocycles. The van der Waals surface area contributed by atoms with Crippen LogP contribution in [0.1, 0.15) is 5.56 Å². The van der Waals surface area contributed by atoms with E-state index in [9.17, 15) is 13.2 Å². The lowest BCUT2D eigenvalue weighted by molar-refractivity contribution is -0.137. The normalized spacial score (nSPS) is 11.6. The van der Waals surface area contributed by atoms with Gasteiger partial charge in [-0.3, -0.25) is 0 Å². The van der Waals surface area contributed by atoms with Gasteiger partial charge in [0.15, 0.2) is 0 Å². The van der Waals surface area contributed by atoms with E-state index in [1.807, 2.05) is 0 Å². The van der Waals surface area contributed by atoms with E-state index in [0.717, 1.165) is 12.1 Å². The molecule has 0 amide bonds. The van der Waals surface area contributed by atoms with Crippen LogP contribution in [-0.4, -0.2) is 0 Å². The maximum absolute atomic E-state index is 12.4. The third kappa shape index (κ3) is 2.98. The van der Waals surface area contributed by atoms with Gasteiger partial charge >= 0.3 is 6.18 Å². The van der Waals surface area contributed by atoms with E-state index in [2.05, 4.69) is 0 Å². The van der Waals surface area contributed by atoms with Crippen molar-refractivity contribution in [3.8, 4) is 11.1 Å². The highest BCUT2D eigenvalue weighted by Crippen LogP contribution is 2.32. The summed E-state index contributed by atoms with van der Waals surface area (Å²) in [7, 11) is 0. The fourth-order valence-electron chi connectivity index (χ4n) is 1.57. The molecule has 94 valence electrons. The molecule has 0 atom stereocenters. The predicted octanol–water partition coefficient (Wildman–Crippen LogP) is 5.68. The molecule has 2 aromatic rings. The average Bonchev–Trinajstić information content (AvgIpc) is 2.27. The summed E-state index contributed by atoms with van der Waals surface area (Å²) in [6.45, 7) is 0. The van der Waals surface area contributed by atoms with Crippen LogP contribution >= 0.6 is 23.2 Å². The van der Waals surface area contributed by atoms with E-state index in [1.54, 1.807) is 18.2 Å². The van der Waals surface area contributed by atoms with Gasteiger partial charge < -0.3 is 0 Å². The molecule has 0 aromatic heterocycles. The molecule has 0 aliphatic carbocycles. The van der Waals surface area contributed by atoms with Crippen LogP contribution in [-0.2, 0) is 6.18 Å². The number of alkyl halides is 3. The van der Waals surface area contributed by atoms with Crippen molar-refractivity contribution in [1.29, 1.82) is 0 Å². The van der Waals surface area contributed by atoms with Crippen molar-refractivity contribution in [1.82, 2.24) is 0 Å². The lowest BCUT2D eigenvalue weighted by atomic mass is 10.0. The van der Waals surface area contributed by atoms with Crippen LogP contribution in [0.5, 0.6) is 0 Å². The number of benzene rings is 2. The second kappa shape index (κ2) is 4.82. The minimum absolute atomic E-state index is 0.442. The van der Waals surface area contributed by atoms with Crippen molar-refractivity contribution in [2.75, 3.05) is 0 Å². The first kappa shape index (κ1) is 13.2. The second-order valence-corrected chi connectivity index (χ2v) is 4.61. The molecule has 0 nitrogen and oxygen atoms in total. The lowest BCUT2D eigenvalue weighted by Crippen LogP contribution is -2.03. The molecule has 18 heavy (non-hydrogen) atoms. The fraction of sp³-hybridized carbons (Fsp3) is 0.0769. The molecule has 0 spiro atoms. The van der Waals surface area contributed by atoms with Crippen molar-refractivity contribution < 1.29 is 13.2 Å². The van der Waals surface area contributed by atoms with Gasteiger partial charge in [-0.2, -0.15) is 13.2 Å². The van der Waals surface area contributed by atoms with Gasteiger partial charge in [0.25, 0.3) is 0 Å².